The minimum atomic E-state index is -0.338. The number of carbonyl (C=O) groups excluding carboxylic acids is 1. The van der Waals surface area contributed by atoms with Crippen molar-refractivity contribution in [1.82, 2.24) is 29.6 Å². The molecule has 1 aromatic carbocycles. The van der Waals surface area contributed by atoms with Gasteiger partial charge in [0.15, 0.2) is 5.82 Å². The summed E-state index contributed by atoms with van der Waals surface area (Å²) < 4.78 is 1.84. The summed E-state index contributed by atoms with van der Waals surface area (Å²) in [5.41, 5.74) is 0.815. The SMILES string of the molecule is C[C@H]1c2nc(-c3ccccc3)nn2CCN1C(=O)c1c[nH]c(=O)cn1. The van der Waals surface area contributed by atoms with Crippen LogP contribution < -0.4 is 5.56 Å². The van der Waals surface area contributed by atoms with E-state index in [9.17, 15) is 9.59 Å². The molecule has 0 saturated carbocycles. The van der Waals surface area contributed by atoms with Gasteiger partial charge in [0.25, 0.3) is 11.5 Å². The van der Waals surface area contributed by atoms with E-state index in [1.165, 1.54) is 6.20 Å². The van der Waals surface area contributed by atoms with Gasteiger partial charge in [0, 0.05) is 18.3 Å². The summed E-state index contributed by atoms with van der Waals surface area (Å²) in [6, 6.07) is 9.50. The zero-order chi connectivity index (χ0) is 17.4. The summed E-state index contributed by atoms with van der Waals surface area (Å²) >= 11 is 0. The number of nitrogens with zero attached hydrogens (tertiary/aromatic N) is 5. The lowest BCUT2D eigenvalue weighted by Gasteiger charge is -2.32. The van der Waals surface area contributed by atoms with Gasteiger partial charge in [-0.1, -0.05) is 30.3 Å². The molecule has 8 nitrogen and oxygen atoms in total. The second kappa shape index (κ2) is 5.97. The van der Waals surface area contributed by atoms with E-state index in [4.69, 9.17) is 0 Å². The third kappa shape index (κ3) is 2.71. The molecule has 3 heterocycles. The lowest BCUT2D eigenvalue weighted by atomic mass is 10.2. The van der Waals surface area contributed by atoms with Crippen LogP contribution in [0.2, 0.25) is 0 Å². The van der Waals surface area contributed by atoms with E-state index < -0.39 is 0 Å². The van der Waals surface area contributed by atoms with Crippen LogP contribution in [0.15, 0.2) is 47.5 Å². The van der Waals surface area contributed by atoms with Gasteiger partial charge in [-0.25, -0.2) is 14.6 Å². The minimum Gasteiger partial charge on any atom is -0.325 e. The van der Waals surface area contributed by atoms with Crippen molar-refractivity contribution < 1.29 is 4.79 Å². The summed E-state index contributed by atoms with van der Waals surface area (Å²) in [5.74, 6) is 1.15. The lowest BCUT2D eigenvalue weighted by molar-refractivity contribution is 0.0624. The summed E-state index contributed by atoms with van der Waals surface area (Å²) in [5, 5.41) is 4.55. The van der Waals surface area contributed by atoms with E-state index in [-0.39, 0.29) is 23.2 Å². The number of benzene rings is 1. The van der Waals surface area contributed by atoms with Crippen LogP contribution in [0, 0.1) is 0 Å². The Morgan fingerprint density at radius 2 is 2.04 bits per heavy atom. The molecule has 3 aromatic rings. The van der Waals surface area contributed by atoms with Crippen LogP contribution in [0.4, 0.5) is 0 Å². The van der Waals surface area contributed by atoms with E-state index in [0.29, 0.717) is 18.9 Å². The quantitative estimate of drug-likeness (QED) is 0.759. The van der Waals surface area contributed by atoms with Gasteiger partial charge < -0.3 is 9.88 Å². The second-order valence-corrected chi connectivity index (χ2v) is 5.85. The lowest BCUT2D eigenvalue weighted by Crippen LogP contribution is -2.42. The molecule has 1 aliphatic heterocycles. The molecule has 1 aliphatic rings. The fraction of sp³-hybridized carbons (Fsp3) is 0.235. The monoisotopic (exact) mass is 336 g/mol. The van der Waals surface area contributed by atoms with Crippen molar-refractivity contribution in [2.75, 3.05) is 6.54 Å². The number of aromatic amines is 1. The first-order chi connectivity index (χ1) is 12.1. The maximum atomic E-state index is 12.7. The highest BCUT2D eigenvalue weighted by Gasteiger charge is 2.31. The Morgan fingerprint density at radius 1 is 1.24 bits per heavy atom. The number of hydrogen-bond donors (Lipinski definition) is 1. The van der Waals surface area contributed by atoms with Gasteiger partial charge in [-0.05, 0) is 6.92 Å². The molecular formula is C17H16N6O2. The molecule has 0 fully saturated rings. The number of hydrogen-bond acceptors (Lipinski definition) is 5. The molecule has 1 amide bonds. The Bertz CT molecular complexity index is 958. The predicted molar refractivity (Wildman–Crippen MR) is 89.8 cm³/mol. The van der Waals surface area contributed by atoms with Crippen molar-refractivity contribution >= 4 is 5.91 Å². The van der Waals surface area contributed by atoms with Gasteiger partial charge in [0.2, 0.25) is 0 Å². The van der Waals surface area contributed by atoms with Gasteiger partial charge in [0.1, 0.15) is 11.5 Å². The number of H-pyrrole nitrogens is 1. The van der Waals surface area contributed by atoms with Gasteiger partial charge in [-0.15, -0.1) is 0 Å². The molecule has 0 aliphatic carbocycles. The van der Waals surface area contributed by atoms with Crippen LogP contribution in [0.1, 0.15) is 29.3 Å². The van der Waals surface area contributed by atoms with Crippen LogP contribution in [-0.4, -0.2) is 42.1 Å². The van der Waals surface area contributed by atoms with Crippen molar-refractivity contribution in [2.45, 2.75) is 19.5 Å². The van der Waals surface area contributed by atoms with Crippen molar-refractivity contribution in [2.24, 2.45) is 0 Å². The van der Waals surface area contributed by atoms with Gasteiger partial charge >= 0.3 is 0 Å². The number of fused-ring (bicyclic) bond motifs is 1. The second-order valence-electron chi connectivity index (χ2n) is 5.85. The van der Waals surface area contributed by atoms with Crippen LogP contribution in [0.5, 0.6) is 0 Å². The van der Waals surface area contributed by atoms with E-state index >= 15 is 0 Å². The van der Waals surface area contributed by atoms with Gasteiger partial charge in [-0.3, -0.25) is 9.59 Å². The molecule has 0 saturated heterocycles. The molecule has 0 bridgehead atoms. The topological polar surface area (TPSA) is 96.8 Å². The van der Waals surface area contributed by atoms with Crippen molar-refractivity contribution in [1.29, 1.82) is 0 Å². The average molecular weight is 336 g/mol. The molecule has 0 spiro atoms. The third-order valence-electron chi connectivity index (χ3n) is 4.28. The first-order valence-electron chi connectivity index (χ1n) is 7.99. The molecule has 126 valence electrons. The number of aromatic nitrogens is 5. The minimum absolute atomic E-state index is 0.211. The summed E-state index contributed by atoms with van der Waals surface area (Å²) in [7, 11) is 0. The zero-order valence-corrected chi connectivity index (χ0v) is 13.6. The van der Waals surface area contributed by atoms with Crippen LogP contribution in [0.25, 0.3) is 11.4 Å². The maximum Gasteiger partial charge on any atom is 0.274 e. The highest BCUT2D eigenvalue weighted by molar-refractivity contribution is 5.92. The van der Waals surface area contributed by atoms with Crippen LogP contribution >= 0.6 is 0 Å². The summed E-state index contributed by atoms with van der Waals surface area (Å²) in [6.07, 6.45) is 2.45. The first kappa shape index (κ1) is 15.3. The van der Waals surface area contributed by atoms with Crippen molar-refractivity contribution in [3.63, 3.8) is 0 Å². The Kier molecular flexibility index (Phi) is 3.64. The normalized spacial score (nSPS) is 16.5. The molecule has 0 unspecified atom stereocenters. The molecular weight excluding hydrogens is 320 g/mol. The molecule has 8 heteroatoms. The van der Waals surface area contributed by atoms with E-state index in [2.05, 4.69) is 20.1 Å². The van der Waals surface area contributed by atoms with E-state index in [0.717, 1.165) is 17.6 Å². The highest BCUT2D eigenvalue weighted by Crippen LogP contribution is 2.27. The fourth-order valence-electron chi connectivity index (χ4n) is 2.96. The van der Waals surface area contributed by atoms with Crippen LogP contribution in [-0.2, 0) is 6.54 Å². The molecule has 1 atom stereocenters. The maximum absolute atomic E-state index is 12.7. The van der Waals surface area contributed by atoms with Crippen molar-refractivity contribution in [3.05, 3.63) is 64.6 Å². The van der Waals surface area contributed by atoms with Crippen LogP contribution in [0.3, 0.4) is 0 Å². The third-order valence-corrected chi connectivity index (χ3v) is 4.28. The summed E-state index contributed by atoms with van der Waals surface area (Å²) in [6.45, 7) is 2.98. The van der Waals surface area contributed by atoms with E-state index in [1.807, 2.05) is 41.9 Å². The van der Waals surface area contributed by atoms with Gasteiger partial charge in [-0.2, -0.15) is 5.10 Å². The fourth-order valence-corrected chi connectivity index (χ4v) is 2.96. The molecule has 2 aromatic heterocycles. The number of nitrogens with one attached hydrogen (secondary N) is 1. The zero-order valence-electron chi connectivity index (χ0n) is 13.6. The Morgan fingerprint density at radius 3 is 2.76 bits per heavy atom. The molecule has 4 rings (SSSR count). The highest BCUT2D eigenvalue weighted by atomic mass is 16.2. The summed E-state index contributed by atoms with van der Waals surface area (Å²) in [4.78, 5) is 36.5. The Hall–Kier alpha value is -3.29. The Labute approximate surface area is 143 Å². The average Bonchev–Trinajstić information content (AvgIpc) is 3.08. The number of carbonyl (C=O) groups is 1. The molecule has 25 heavy (non-hydrogen) atoms. The van der Waals surface area contributed by atoms with E-state index in [1.54, 1.807) is 4.90 Å². The number of rotatable bonds is 2. The molecule has 1 N–H and O–H groups in total. The molecule has 0 radical (unpaired) electrons. The number of amides is 1. The smallest absolute Gasteiger partial charge is 0.274 e. The first-order valence-corrected chi connectivity index (χ1v) is 7.99. The Balaban J connectivity index is 1.64. The standard InChI is InChI=1S/C17H16N6O2/c1-11-16-20-15(12-5-3-2-4-6-12)21-23(16)8-7-22(11)17(25)13-9-19-14(24)10-18-13/h2-6,9-11H,7-8H2,1H3,(H,19,24)/t11-/m0/s1. The largest absolute Gasteiger partial charge is 0.325 e. The predicted octanol–water partition coefficient (Wildman–Crippen LogP) is 1.25. The van der Waals surface area contributed by atoms with Crippen molar-refractivity contribution in [3.8, 4) is 11.4 Å². The van der Waals surface area contributed by atoms with Gasteiger partial charge in [0.05, 0.1) is 18.8 Å².